The van der Waals surface area contributed by atoms with Crippen LogP contribution in [-0.2, 0) is 13.0 Å². The number of nitrogens with zero attached hydrogens (tertiary/aromatic N) is 8. The molecule has 0 saturated heterocycles. The van der Waals surface area contributed by atoms with Crippen molar-refractivity contribution >= 4 is 28.4 Å². The Morgan fingerprint density at radius 2 is 1.95 bits per heavy atom. The second kappa shape index (κ2) is 10.8. The molecule has 1 amide bonds. The molecule has 11 nitrogen and oxygen atoms in total. The molecule has 3 aromatic heterocycles. The van der Waals surface area contributed by atoms with Crippen molar-refractivity contribution in [3.8, 4) is 12.8 Å². The van der Waals surface area contributed by atoms with Gasteiger partial charge in [-0.25, -0.2) is 18.7 Å². The molecule has 1 aromatic carbocycles. The van der Waals surface area contributed by atoms with Crippen LogP contribution in [0.1, 0.15) is 49.9 Å². The largest absolute Gasteiger partial charge is 0.388 e. The van der Waals surface area contributed by atoms with Crippen molar-refractivity contribution in [2.45, 2.75) is 58.2 Å². The molecule has 0 aliphatic heterocycles. The maximum absolute atomic E-state index is 14.1. The summed E-state index contributed by atoms with van der Waals surface area (Å²) in [5, 5.41) is 22.6. The highest BCUT2D eigenvalue weighted by Gasteiger charge is 2.22. The van der Waals surface area contributed by atoms with Crippen LogP contribution in [0.3, 0.4) is 0 Å². The number of aromatic nitrogens is 7. The zero-order chi connectivity index (χ0) is 27.5. The molecule has 0 fully saturated rings. The summed E-state index contributed by atoms with van der Waals surface area (Å²) < 4.78 is 29.1. The SMILES string of the molecule is C#C.C[C@@H](CCCc1nc2c3cc(F)cc(F)c3nc(N)n2n1)N(C)C(=O)c1cnn(CC(C)(C)O)n1. The second-order valence-corrected chi connectivity index (χ2v) is 9.25. The monoisotopic (exact) mass is 513 g/mol. The number of aliphatic hydroxyl groups is 1. The van der Waals surface area contributed by atoms with Gasteiger partial charge in [0.15, 0.2) is 23.0 Å². The molecular weight excluding hydrogens is 484 g/mol. The van der Waals surface area contributed by atoms with Gasteiger partial charge in [-0.3, -0.25) is 4.79 Å². The molecule has 3 N–H and O–H groups in total. The van der Waals surface area contributed by atoms with Gasteiger partial charge in [-0.15, -0.1) is 23.0 Å². The van der Waals surface area contributed by atoms with Gasteiger partial charge in [-0.1, -0.05) is 0 Å². The molecule has 0 saturated carbocycles. The predicted molar refractivity (Wildman–Crippen MR) is 133 cm³/mol. The number of nitrogens with two attached hydrogens (primary N) is 1. The van der Waals surface area contributed by atoms with Gasteiger partial charge in [0.2, 0.25) is 5.95 Å². The first kappa shape index (κ1) is 27.4. The molecule has 0 aliphatic carbocycles. The smallest absolute Gasteiger partial charge is 0.276 e. The molecule has 0 unspecified atom stereocenters. The lowest BCUT2D eigenvalue weighted by Crippen LogP contribution is -2.35. The molecule has 196 valence electrons. The van der Waals surface area contributed by atoms with Crippen molar-refractivity contribution in [1.82, 2.24) is 39.5 Å². The highest BCUT2D eigenvalue weighted by atomic mass is 19.1. The minimum absolute atomic E-state index is 0.0481. The van der Waals surface area contributed by atoms with E-state index in [4.69, 9.17) is 5.73 Å². The molecule has 4 aromatic rings. The number of hydrogen-bond donors (Lipinski definition) is 2. The fourth-order valence-electron chi connectivity index (χ4n) is 3.75. The Morgan fingerprint density at radius 3 is 2.62 bits per heavy atom. The Bertz CT molecular complexity index is 1440. The van der Waals surface area contributed by atoms with Crippen LogP contribution in [0.15, 0.2) is 18.3 Å². The van der Waals surface area contributed by atoms with Crippen molar-refractivity contribution in [2.24, 2.45) is 0 Å². The van der Waals surface area contributed by atoms with Gasteiger partial charge in [0.1, 0.15) is 11.3 Å². The maximum Gasteiger partial charge on any atom is 0.276 e. The first-order chi connectivity index (χ1) is 17.4. The van der Waals surface area contributed by atoms with E-state index >= 15 is 0 Å². The number of rotatable bonds is 8. The van der Waals surface area contributed by atoms with Gasteiger partial charge in [0, 0.05) is 25.6 Å². The van der Waals surface area contributed by atoms with E-state index in [-0.39, 0.29) is 46.7 Å². The fraction of sp³-hybridized carbons (Fsp3) is 0.417. The number of nitrogen functional groups attached to an aromatic ring is 1. The topological polar surface area (TPSA) is 140 Å². The highest BCUT2D eigenvalue weighted by Crippen LogP contribution is 2.24. The molecule has 1 atom stereocenters. The molecule has 0 spiro atoms. The third-order valence-corrected chi connectivity index (χ3v) is 5.65. The first-order valence-electron chi connectivity index (χ1n) is 11.5. The van der Waals surface area contributed by atoms with Gasteiger partial charge in [-0.2, -0.15) is 14.4 Å². The number of terminal acetylenes is 1. The summed E-state index contributed by atoms with van der Waals surface area (Å²) >= 11 is 0. The third-order valence-electron chi connectivity index (χ3n) is 5.65. The third kappa shape index (κ3) is 6.15. The Morgan fingerprint density at radius 1 is 1.24 bits per heavy atom. The normalized spacial score (nSPS) is 12.4. The van der Waals surface area contributed by atoms with Crippen LogP contribution in [-0.4, -0.2) is 69.2 Å². The lowest BCUT2D eigenvalue weighted by atomic mass is 10.1. The summed E-state index contributed by atoms with van der Waals surface area (Å²) in [6.07, 6.45) is 11.1. The average molecular weight is 514 g/mol. The lowest BCUT2D eigenvalue weighted by Gasteiger charge is -2.24. The Hall–Kier alpha value is -4.18. The summed E-state index contributed by atoms with van der Waals surface area (Å²) in [4.78, 5) is 24.0. The van der Waals surface area contributed by atoms with E-state index < -0.39 is 17.2 Å². The van der Waals surface area contributed by atoms with Gasteiger partial charge in [-0.05, 0) is 39.7 Å². The number of carbonyl (C=O) groups is 1. The van der Waals surface area contributed by atoms with Crippen molar-refractivity contribution in [3.05, 3.63) is 41.5 Å². The number of aryl methyl sites for hydroxylation is 1. The van der Waals surface area contributed by atoms with Gasteiger partial charge >= 0.3 is 0 Å². The van der Waals surface area contributed by atoms with Crippen LogP contribution in [0.4, 0.5) is 14.7 Å². The van der Waals surface area contributed by atoms with E-state index in [1.807, 2.05) is 6.92 Å². The van der Waals surface area contributed by atoms with Crippen LogP contribution >= 0.6 is 0 Å². The van der Waals surface area contributed by atoms with Gasteiger partial charge in [0.05, 0.1) is 23.7 Å². The predicted octanol–water partition coefficient (Wildman–Crippen LogP) is 2.23. The van der Waals surface area contributed by atoms with E-state index in [0.717, 1.165) is 12.1 Å². The van der Waals surface area contributed by atoms with Gasteiger partial charge in [0.25, 0.3) is 5.91 Å². The van der Waals surface area contributed by atoms with Crippen LogP contribution in [0.25, 0.3) is 16.6 Å². The Balaban J connectivity index is 0.00000186. The molecule has 0 radical (unpaired) electrons. The number of fused-ring (bicyclic) bond motifs is 3. The standard InChI is InChI=1S/C22H27F2N9O2.C2H2/c1-12(31(4)20(34)16-10-26-32(29-16)11-22(2,3)35)6-5-7-17-27-19-14-8-13(23)9-15(24)18(14)28-21(25)33(19)30-17;1-2/h8-10,12,35H,5-7,11H2,1-4H3,(H2,25,28);1-2H/t12-;/m0./s1. The van der Waals surface area contributed by atoms with E-state index in [2.05, 4.69) is 38.1 Å². The van der Waals surface area contributed by atoms with E-state index in [1.165, 1.54) is 15.5 Å². The summed E-state index contributed by atoms with van der Waals surface area (Å²) in [5.41, 5.74) is 5.26. The first-order valence-corrected chi connectivity index (χ1v) is 11.5. The maximum atomic E-state index is 14.1. The van der Waals surface area contributed by atoms with Crippen molar-refractivity contribution < 1.29 is 18.7 Å². The Kier molecular flexibility index (Phi) is 8.03. The molecule has 0 aliphatic rings. The zero-order valence-corrected chi connectivity index (χ0v) is 21.1. The van der Waals surface area contributed by atoms with Crippen molar-refractivity contribution in [3.63, 3.8) is 0 Å². The number of carbonyl (C=O) groups excluding carboxylic acids is 1. The molecule has 0 bridgehead atoms. The Labute approximate surface area is 212 Å². The average Bonchev–Trinajstić information content (AvgIpc) is 3.47. The number of amides is 1. The molecule has 37 heavy (non-hydrogen) atoms. The summed E-state index contributed by atoms with van der Waals surface area (Å²) in [6, 6.07) is 1.78. The second-order valence-electron chi connectivity index (χ2n) is 9.25. The molecule has 13 heteroatoms. The summed E-state index contributed by atoms with van der Waals surface area (Å²) in [5.74, 6) is -1.44. The van der Waals surface area contributed by atoms with Crippen molar-refractivity contribution in [2.75, 3.05) is 12.8 Å². The minimum Gasteiger partial charge on any atom is -0.388 e. The quantitative estimate of drug-likeness (QED) is 0.342. The molecule has 3 heterocycles. The van der Waals surface area contributed by atoms with E-state index in [0.29, 0.717) is 25.1 Å². The van der Waals surface area contributed by atoms with Gasteiger partial charge < -0.3 is 15.7 Å². The zero-order valence-electron chi connectivity index (χ0n) is 21.1. The number of hydrogen-bond acceptors (Lipinski definition) is 8. The highest BCUT2D eigenvalue weighted by molar-refractivity contribution is 5.93. The van der Waals surface area contributed by atoms with Crippen molar-refractivity contribution in [1.29, 1.82) is 0 Å². The van der Waals surface area contributed by atoms with Crippen LogP contribution in [0, 0.1) is 24.5 Å². The number of anilines is 1. The van der Waals surface area contributed by atoms with Crippen LogP contribution in [0.5, 0.6) is 0 Å². The minimum atomic E-state index is -1.00. The molecular formula is C24H29F2N9O2. The molecule has 4 rings (SSSR count). The summed E-state index contributed by atoms with van der Waals surface area (Å²) in [7, 11) is 1.69. The fourth-order valence-corrected chi connectivity index (χ4v) is 3.75. The summed E-state index contributed by atoms with van der Waals surface area (Å²) in [6.45, 7) is 5.35. The van der Waals surface area contributed by atoms with Crippen LogP contribution < -0.4 is 5.73 Å². The van der Waals surface area contributed by atoms with E-state index in [9.17, 15) is 18.7 Å². The number of benzene rings is 1. The van der Waals surface area contributed by atoms with E-state index in [1.54, 1.807) is 25.8 Å². The van der Waals surface area contributed by atoms with Crippen LogP contribution in [0.2, 0.25) is 0 Å². The lowest BCUT2D eigenvalue weighted by molar-refractivity contribution is 0.0524. The number of halogens is 2.